The summed E-state index contributed by atoms with van der Waals surface area (Å²) in [4.78, 5) is 40.5. The van der Waals surface area contributed by atoms with Crippen LogP contribution in [0.15, 0.2) is 65.6 Å². The largest absolute Gasteiger partial charge is 0.482 e. The number of ether oxygens (including phenoxy) is 1. The van der Waals surface area contributed by atoms with Crippen molar-refractivity contribution in [1.29, 1.82) is 0 Å². The van der Waals surface area contributed by atoms with Gasteiger partial charge in [-0.1, -0.05) is 19.3 Å². The van der Waals surface area contributed by atoms with Crippen LogP contribution in [0.1, 0.15) is 54.1 Å². The van der Waals surface area contributed by atoms with Crippen LogP contribution < -0.4 is 10.1 Å². The smallest absolute Gasteiger partial charge is 0.341 e. The quantitative estimate of drug-likeness (QED) is 0.190. The second kappa shape index (κ2) is 12.0. The van der Waals surface area contributed by atoms with E-state index >= 15 is 0 Å². The fraction of sp³-hybridized carbons (Fsp3) is 0.312. The Morgan fingerprint density at radius 3 is 2.56 bits per heavy atom. The Bertz CT molecular complexity index is 1800. The third-order valence-corrected chi connectivity index (χ3v) is 7.95. The lowest BCUT2D eigenvalue weighted by Crippen LogP contribution is -2.25. The van der Waals surface area contributed by atoms with Crippen molar-refractivity contribution in [3.8, 4) is 17.1 Å². The predicted octanol–water partition coefficient (Wildman–Crippen LogP) is 5.28. The fourth-order valence-electron chi connectivity index (χ4n) is 6.02. The summed E-state index contributed by atoms with van der Waals surface area (Å²) in [6.45, 7) is -0.411. The molecule has 3 N–H and O–H groups in total. The van der Waals surface area contributed by atoms with Gasteiger partial charge in [0.15, 0.2) is 6.61 Å². The molecule has 1 fully saturated rings. The van der Waals surface area contributed by atoms with E-state index < -0.39 is 18.5 Å². The van der Waals surface area contributed by atoms with Gasteiger partial charge < -0.3 is 33.8 Å². The number of aromatic nitrogens is 3. The number of hydrogen-bond acceptors (Lipinski definition) is 6. The maximum absolute atomic E-state index is 13.2. The molecule has 6 rings (SSSR count). The number of furan rings is 1. The minimum Gasteiger partial charge on any atom is -0.482 e. The van der Waals surface area contributed by atoms with Crippen molar-refractivity contribution in [2.45, 2.75) is 51.1 Å². The molecule has 2 aromatic carbocycles. The van der Waals surface area contributed by atoms with Crippen LogP contribution >= 0.6 is 0 Å². The molecule has 3 heterocycles. The van der Waals surface area contributed by atoms with E-state index in [4.69, 9.17) is 19.2 Å². The zero-order valence-corrected chi connectivity index (χ0v) is 23.5. The number of carboxylic acid groups (broad SMARTS) is 2. The molecule has 11 nitrogen and oxygen atoms in total. The first-order valence-electron chi connectivity index (χ1n) is 14.4. The first-order chi connectivity index (χ1) is 20.9. The van der Waals surface area contributed by atoms with Crippen molar-refractivity contribution in [1.82, 2.24) is 19.4 Å². The number of fused-ring (bicyclic) bond motifs is 2. The summed E-state index contributed by atoms with van der Waals surface area (Å²) in [7, 11) is 0. The van der Waals surface area contributed by atoms with Crippen molar-refractivity contribution in [3.05, 3.63) is 72.3 Å². The molecule has 0 saturated heterocycles. The van der Waals surface area contributed by atoms with Crippen molar-refractivity contribution < 1.29 is 33.8 Å². The molecule has 5 aromatic rings. The SMILES string of the molecule is O=C(O)COc1ccc2c(c1)c(CCNC(=O)c1ccc3c(c1)nc(-c1ccoc1)n3C1CCCCC1)cn2CC(=O)O. The molecule has 0 radical (unpaired) electrons. The molecule has 3 aromatic heterocycles. The summed E-state index contributed by atoms with van der Waals surface area (Å²) < 4.78 is 14.6. The molecule has 1 amide bonds. The van der Waals surface area contributed by atoms with Crippen molar-refractivity contribution in [3.63, 3.8) is 0 Å². The lowest BCUT2D eigenvalue weighted by Gasteiger charge is -2.25. The van der Waals surface area contributed by atoms with E-state index in [1.54, 1.807) is 41.5 Å². The number of nitrogens with zero attached hydrogens (tertiary/aromatic N) is 3. The number of aliphatic carboxylic acids is 2. The molecule has 222 valence electrons. The Kier molecular flexibility index (Phi) is 7.86. The van der Waals surface area contributed by atoms with Gasteiger partial charge in [0.1, 0.15) is 24.4 Å². The van der Waals surface area contributed by atoms with Gasteiger partial charge in [-0.05, 0) is 67.3 Å². The number of rotatable bonds is 11. The van der Waals surface area contributed by atoms with Crippen LogP contribution in [0.3, 0.4) is 0 Å². The zero-order chi connectivity index (χ0) is 29.9. The number of benzene rings is 2. The molecular weight excluding hydrogens is 552 g/mol. The predicted molar refractivity (Wildman–Crippen MR) is 158 cm³/mol. The highest BCUT2D eigenvalue weighted by Crippen LogP contribution is 2.36. The monoisotopic (exact) mass is 584 g/mol. The number of imidazole rings is 1. The summed E-state index contributed by atoms with van der Waals surface area (Å²) in [6, 6.07) is 12.9. The third-order valence-electron chi connectivity index (χ3n) is 7.95. The van der Waals surface area contributed by atoms with E-state index in [0.717, 1.165) is 46.2 Å². The second-order valence-electron chi connectivity index (χ2n) is 10.9. The van der Waals surface area contributed by atoms with E-state index in [0.29, 0.717) is 35.8 Å². The molecule has 0 atom stereocenters. The molecule has 0 bridgehead atoms. The minimum atomic E-state index is -1.09. The highest BCUT2D eigenvalue weighted by molar-refractivity contribution is 5.98. The average Bonchev–Trinajstić information content (AvgIpc) is 3.74. The normalized spacial score (nSPS) is 13.9. The topological polar surface area (TPSA) is 149 Å². The van der Waals surface area contributed by atoms with Crippen LogP contribution in [0.2, 0.25) is 0 Å². The van der Waals surface area contributed by atoms with Crippen LogP contribution in [0, 0.1) is 0 Å². The van der Waals surface area contributed by atoms with Gasteiger partial charge in [0, 0.05) is 35.2 Å². The first-order valence-corrected chi connectivity index (χ1v) is 14.4. The highest BCUT2D eigenvalue weighted by atomic mass is 16.5. The molecule has 1 aliphatic carbocycles. The van der Waals surface area contributed by atoms with Crippen molar-refractivity contribution in [2.75, 3.05) is 13.2 Å². The lowest BCUT2D eigenvalue weighted by molar-refractivity contribution is -0.139. The number of carbonyl (C=O) groups is 3. The fourth-order valence-corrected chi connectivity index (χ4v) is 6.02. The lowest BCUT2D eigenvalue weighted by atomic mass is 9.95. The Morgan fingerprint density at radius 2 is 1.81 bits per heavy atom. The Labute approximate surface area is 246 Å². The molecule has 0 spiro atoms. The van der Waals surface area contributed by atoms with Gasteiger partial charge in [-0.3, -0.25) is 9.59 Å². The summed E-state index contributed by atoms with van der Waals surface area (Å²) >= 11 is 0. The second-order valence-corrected chi connectivity index (χ2v) is 10.9. The minimum absolute atomic E-state index is 0.230. The summed E-state index contributed by atoms with van der Waals surface area (Å²) in [5, 5.41) is 22.0. The maximum atomic E-state index is 13.2. The van der Waals surface area contributed by atoms with Crippen LogP contribution in [0.25, 0.3) is 33.3 Å². The van der Waals surface area contributed by atoms with Crippen molar-refractivity contribution in [2.24, 2.45) is 0 Å². The van der Waals surface area contributed by atoms with E-state index in [1.807, 2.05) is 24.3 Å². The highest BCUT2D eigenvalue weighted by Gasteiger charge is 2.23. The van der Waals surface area contributed by atoms with Crippen LogP contribution in [-0.4, -0.2) is 55.3 Å². The average molecular weight is 585 g/mol. The van der Waals surface area contributed by atoms with E-state index in [1.165, 1.54) is 19.3 Å². The van der Waals surface area contributed by atoms with Crippen LogP contribution in [-0.2, 0) is 22.6 Å². The number of nitrogens with one attached hydrogen (secondary N) is 1. The van der Waals surface area contributed by atoms with Gasteiger partial charge in [0.05, 0.1) is 22.9 Å². The maximum Gasteiger partial charge on any atom is 0.341 e. The summed E-state index contributed by atoms with van der Waals surface area (Å²) in [5.41, 5.74) is 4.64. The molecule has 0 unspecified atom stereocenters. The molecule has 0 aliphatic heterocycles. The van der Waals surface area contributed by atoms with Gasteiger partial charge in [-0.25, -0.2) is 9.78 Å². The van der Waals surface area contributed by atoms with E-state index in [2.05, 4.69) is 9.88 Å². The standard InChI is InChI=1S/C32H32N4O7/c37-29(38)17-35-16-21(25-15-24(7-9-27(25)35)43-19-30(39)40)10-12-33-32(41)20-6-8-28-26(14-20)34-31(22-11-13-42-18-22)36(28)23-4-2-1-3-5-23/h6-9,11,13-16,18,23H,1-5,10,12,17,19H2,(H,33,41)(H,37,38)(H,39,40). The van der Waals surface area contributed by atoms with Gasteiger partial charge >= 0.3 is 11.9 Å². The van der Waals surface area contributed by atoms with Gasteiger partial charge in [0.2, 0.25) is 0 Å². The van der Waals surface area contributed by atoms with Gasteiger partial charge in [-0.15, -0.1) is 0 Å². The molecule has 11 heteroatoms. The molecule has 1 aliphatic rings. The number of amides is 1. The van der Waals surface area contributed by atoms with E-state index in [9.17, 15) is 19.5 Å². The number of carbonyl (C=O) groups excluding carboxylic acids is 1. The third kappa shape index (κ3) is 5.97. The molecule has 43 heavy (non-hydrogen) atoms. The number of carboxylic acids is 2. The molecular formula is C32H32N4O7. The summed E-state index contributed by atoms with van der Waals surface area (Å²) in [6.07, 6.45) is 11.3. The van der Waals surface area contributed by atoms with Crippen LogP contribution in [0.5, 0.6) is 5.75 Å². The van der Waals surface area contributed by atoms with Crippen LogP contribution in [0.4, 0.5) is 0 Å². The van der Waals surface area contributed by atoms with Gasteiger partial charge in [-0.2, -0.15) is 0 Å². The Hall–Kier alpha value is -5.06. The van der Waals surface area contributed by atoms with Gasteiger partial charge in [0.25, 0.3) is 5.91 Å². The summed E-state index contributed by atoms with van der Waals surface area (Å²) in [5.74, 6) is -1.11. The number of hydrogen-bond donors (Lipinski definition) is 3. The zero-order valence-electron chi connectivity index (χ0n) is 23.5. The van der Waals surface area contributed by atoms with Crippen molar-refractivity contribution >= 4 is 39.8 Å². The molecule has 1 saturated carbocycles. The van der Waals surface area contributed by atoms with E-state index in [-0.39, 0.29) is 12.5 Å². The first kappa shape index (κ1) is 28.1. The Balaban J connectivity index is 1.21. The Morgan fingerprint density at radius 1 is 1.00 bits per heavy atom.